The molecule has 150 valence electrons. The SMILES string of the molecule is CCN1CCN(C(=O)[C@H]2CCCN(S(=O)(=O)N3CCCCCC3)C2)CC1. The fourth-order valence-electron chi connectivity index (χ4n) is 4.33. The number of hydrogen-bond donors (Lipinski definition) is 0. The number of carbonyl (C=O) groups is 1. The number of nitrogens with zero attached hydrogens (tertiary/aromatic N) is 4. The first-order valence-electron chi connectivity index (χ1n) is 10.3. The average Bonchev–Trinajstić information content (AvgIpc) is 2.98. The molecule has 8 heteroatoms. The molecule has 3 aliphatic heterocycles. The molecular formula is C18H34N4O3S. The summed E-state index contributed by atoms with van der Waals surface area (Å²) in [5, 5.41) is 0. The lowest BCUT2D eigenvalue weighted by molar-refractivity contribution is -0.138. The van der Waals surface area contributed by atoms with E-state index in [2.05, 4.69) is 11.8 Å². The Balaban J connectivity index is 1.60. The van der Waals surface area contributed by atoms with E-state index in [1.165, 1.54) is 0 Å². The maximum absolute atomic E-state index is 13.0. The minimum Gasteiger partial charge on any atom is -0.340 e. The van der Waals surface area contributed by atoms with E-state index in [0.29, 0.717) is 26.2 Å². The van der Waals surface area contributed by atoms with Gasteiger partial charge in [0, 0.05) is 52.4 Å². The van der Waals surface area contributed by atoms with Gasteiger partial charge in [-0.15, -0.1) is 0 Å². The lowest BCUT2D eigenvalue weighted by Crippen LogP contribution is -2.54. The summed E-state index contributed by atoms with van der Waals surface area (Å²) >= 11 is 0. The van der Waals surface area contributed by atoms with Gasteiger partial charge in [-0.25, -0.2) is 0 Å². The van der Waals surface area contributed by atoms with E-state index in [1.54, 1.807) is 8.61 Å². The maximum Gasteiger partial charge on any atom is 0.281 e. The number of piperazine rings is 1. The van der Waals surface area contributed by atoms with Crippen LogP contribution in [0, 0.1) is 5.92 Å². The van der Waals surface area contributed by atoms with Crippen molar-refractivity contribution < 1.29 is 13.2 Å². The highest BCUT2D eigenvalue weighted by Gasteiger charge is 2.37. The zero-order chi connectivity index (χ0) is 18.6. The summed E-state index contributed by atoms with van der Waals surface area (Å²) in [7, 11) is -3.43. The molecular weight excluding hydrogens is 352 g/mol. The van der Waals surface area contributed by atoms with Crippen LogP contribution in [-0.2, 0) is 15.0 Å². The molecule has 0 N–H and O–H groups in total. The normalized spacial score (nSPS) is 28.0. The molecule has 0 saturated carbocycles. The van der Waals surface area contributed by atoms with Crippen molar-refractivity contribution in [3.05, 3.63) is 0 Å². The van der Waals surface area contributed by atoms with Crippen molar-refractivity contribution in [2.75, 3.05) is 58.9 Å². The highest BCUT2D eigenvalue weighted by atomic mass is 32.2. The summed E-state index contributed by atoms with van der Waals surface area (Å²) in [5.74, 6) is -0.0322. The highest BCUT2D eigenvalue weighted by Crippen LogP contribution is 2.25. The molecule has 3 rings (SSSR count). The molecule has 0 aromatic carbocycles. The number of likely N-dealkylation sites (N-methyl/N-ethyl adjacent to an activating group) is 1. The first-order valence-corrected chi connectivity index (χ1v) is 11.7. The minimum atomic E-state index is -3.43. The Hall–Kier alpha value is -0.700. The van der Waals surface area contributed by atoms with E-state index in [-0.39, 0.29) is 11.8 Å². The Kier molecular flexibility index (Phi) is 6.93. The van der Waals surface area contributed by atoms with Crippen LogP contribution in [0.2, 0.25) is 0 Å². The molecule has 0 radical (unpaired) electrons. The van der Waals surface area contributed by atoms with Gasteiger partial charge in [0.1, 0.15) is 0 Å². The number of rotatable bonds is 4. The van der Waals surface area contributed by atoms with Crippen LogP contribution in [0.3, 0.4) is 0 Å². The number of piperidine rings is 1. The molecule has 3 saturated heterocycles. The number of hydrogen-bond acceptors (Lipinski definition) is 4. The second-order valence-electron chi connectivity index (χ2n) is 7.78. The first-order chi connectivity index (χ1) is 12.5. The van der Waals surface area contributed by atoms with Crippen molar-refractivity contribution in [2.24, 2.45) is 5.92 Å². The monoisotopic (exact) mass is 386 g/mol. The van der Waals surface area contributed by atoms with Crippen LogP contribution in [0.15, 0.2) is 0 Å². The van der Waals surface area contributed by atoms with Gasteiger partial charge in [-0.05, 0) is 32.2 Å². The zero-order valence-corrected chi connectivity index (χ0v) is 16.9. The van der Waals surface area contributed by atoms with Gasteiger partial charge in [0.2, 0.25) is 5.91 Å². The van der Waals surface area contributed by atoms with Gasteiger partial charge in [0.05, 0.1) is 5.92 Å². The Morgan fingerprint density at radius 3 is 2.08 bits per heavy atom. The Bertz CT molecular complexity index is 567. The number of carbonyl (C=O) groups excluding carboxylic acids is 1. The van der Waals surface area contributed by atoms with Gasteiger partial charge in [-0.2, -0.15) is 17.0 Å². The lowest BCUT2D eigenvalue weighted by Gasteiger charge is -2.39. The van der Waals surface area contributed by atoms with E-state index in [4.69, 9.17) is 0 Å². The Morgan fingerprint density at radius 2 is 1.46 bits per heavy atom. The van der Waals surface area contributed by atoms with Crippen LogP contribution >= 0.6 is 0 Å². The van der Waals surface area contributed by atoms with Crippen LogP contribution < -0.4 is 0 Å². The van der Waals surface area contributed by atoms with E-state index < -0.39 is 10.2 Å². The van der Waals surface area contributed by atoms with Crippen molar-refractivity contribution in [3.63, 3.8) is 0 Å². The fourth-order valence-corrected chi connectivity index (χ4v) is 6.11. The van der Waals surface area contributed by atoms with Gasteiger partial charge in [0.25, 0.3) is 10.2 Å². The molecule has 3 fully saturated rings. The smallest absolute Gasteiger partial charge is 0.281 e. The van der Waals surface area contributed by atoms with Gasteiger partial charge in [-0.1, -0.05) is 19.8 Å². The fraction of sp³-hybridized carbons (Fsp3) is 0.944. The minimum absolute atomic E-state index is 0.150. The standard InChI is InChI=1S/C18H34N4O3S/c1-2-19-12-14-20(15-13-19)18(23)17-8-7-11-22(16-17)26(24,25)21-9-5-3-4-6-10-21/h17H,2-16H2,1H3/t17-/m0/s1. The van der Waals surface area contributed by atoms with Crippen molar-refractivity contribution in [2.45, 2.75) is 45.4 Å². The van der Waals surface area contributed by atoms with E-state index in [0.717, 1.165) is 71.2 Å². The third kappa shape index (κ3) is 4.58. The highest BCUT2D eigenvalue weighted by molar-refractivity contribution is 7.86. The van der Waals surface area contributed by atoms with Crippen molar-refractivity contribution in [1.82, 2.24) is 18.4 Å². The Labute approximate surface area is 158 Å². The van der Waals surface area contributed by atoms with Crippen molar-refractivity contribution in [3.8, 4) is 0 Å². The molecule has 3 heterocycles. The third-order valence-corrected chi connectivity index (χ3v) is 8.08. The van der Waals surface area contributed by atoms with Crippen molar-refractivity contribution in [1.29, 1.82) is 0 Å². The predicted octanol–water partition coefficient (Wildman–Crippen LogP) is 0.983. The maximum atomic E-state index is 13.0. The van der Waals surface area contributed by atoms with E-state index in [1.807, 2.05) is 4.90 Å². The lowest BCUT2D eigenvalue weighted by atomic mass is 9.98. The van der Waals surface area contributed by atoms with Crippen LogP contribution in [0.1, 0.15) is 45.4 Å². The molecule has 0 bridgehead atoms. The van der Waals surface area contributed by atoms with Gasteiger partial charge in [-0.3, -0.25) is 4.79 Å². The molecule has 26 heavy (non-hydrogen) atoms. The Morgan fingerprint density at radius 1 is 0.846 bits per heavy atom. The molecule has 0 unspecified atom stereocenters. The summed E-state index contributed by atoms with van der Waals surface area (Å²) in [6.45, 7) is 8.68. The first kappa shape index (κ1) is 20.0. The summed E-state index contributed by atoms with van der Waals surface area (Å²) in [5.41, 5.74) is 0. The molecule has 0 spiro atoms. The second-order valence-corrected chi connectivity index (χ2v) is 9.71. The van der Waals surface area contributed by atoms with Gasteiger partial charge in [0.15, 0.2) is 0 Å². The largest absolute Gasteiger partial charge is 0.340 e. The molecule has 1 atom stereocenters. The van der Waals surface area contributed by atoms with Gasteiger partial charge < -0.3 is 9.80 Å². The van der Waals surface area contributed by atoms with Crippen LogP contribution in [-0.4, -0.2) is 91.6 Å². The summed E-state index contributed by atoms with van der Waals surface area (Å²) in [4.78, 5) is 17.2. The summed E-state index contributed by atoms with van der Waals surface area (Å²) in [6, 6.07) is 0. The molecule has 0 aromatic heterocycles. The quantitative estimate of drug-likeness (QED) is 0.723. The third-order valence-electron chi connectivity index (χ3n) is 6.08. The molecule has 0 aromatic rings. The average molecular weight is 387 g/mol. The second kappa shape index (κ2) is 8.99. The predicted molar refractivity (Wildman–Crippen MR) is 102 cm³/mol. The number of amides is 1. The van der Waals surface area contributed by atoms with Crippen LogP contribution in [0.4, 0.5) is 0 Å². The van der Waals surface area contributed by atoms with E-state index in [9.17, 15) is 13.2 Å². The zero-order valence-electron chi connectivity index (χ0n) is 16.1. The molecule has 3 aliphatic rings. The van der Waals surface area contributed by atoms with Crippen LogP contribution in [0.5, 0.6) is 0 Å². The van der Waals surface area contributed by atoms with E-state index >= 15 is 0 Å². The molecule has 7 nitrogen and oxygen atoms in total. The van der Waals surface area contributed by atoms with Crippen molar-refractivity contribution >= 4 is 16.1 Å². The topological polar surface area (TPSA) is 64.2 Å². The summed E-state index contributed by atoms with van der Waals surface area (Å²) in [6.07, 6.45) is 5.68. The van der Waals surface area contributed by atoms with Gasteiger partial charge >= 0.3 is 0 Å². The summed E-state index contributed by atoms with van der Waals surface area (Å²) < 4.78 is 29.3. The molecule has 1 amide bonds. The van der Waals surface area contributed by atoms with Crippen LogP contribution in [0.25, 0.3) is 0 Å². The molecule has 0 aliphatic carbocycles.